The SMILES string of the molecule is CNCC1CCCN(C)C1c1ccc(OC)c(C)c1. The van der Waals surface area contributed by atoms with Gasteiger partial charge in [-0.3, -0.25) is 4.90 Å². The quantitative estimate of drug-likeness (QED) is 0.902. The van der Waals surface area contributed by atoms with E-state index in [2.05, 4.69) is 42.4 Å². The molecule has 0 bridgehead atoms. The van der Waals surface area contributed by atoms with Crippen LogP contribution in [0.5, 0.6) is 5.75 Å². The number of aryl methyl sites for hydroxylation is 1. The minimum absolute atomic E-state index is 0.519. The average Bonchev–Trinajstić information content (AvgIpc) is 2.39. The molecule has 1 heterocycles. The van der Waals surface area contributed by atoms with Crippen molar-refractivity contribution in [1.29, 1.82) is 0 Å². The highest BCUT2D eigenvalue weighted by Crippen LogP contribution is 2.36. The van der Waals surface area contributed by atoms with Crippen molar-refractivity contribution in [3.05, 3.63) is 29.3 Å². The number of nitrogens with zero attached hydrogens (tertiary/aromatic N) is 1. The van der Waals surface area contributed by atoms with Crippen molar-refractivity contribution in [3.63, 3.8) is 0 Å². The molecular weight excluding hydrogens is 236 g/mol. The van der Waals surface area contributed by atoms with Crippen LogP contribution in [0.25, 0.3) is 0 Å². The molecule has 0 saturated carbocycles. The van der Waals surface area contributed by atoms with Crippen molar-refractivity contribution < 1.29 is 4.74 Å². The molecule has 0 amide bonds. The first-order valence-electron chi connectivity index (χ1n) is 7.16. The van der Waals surface area contributed by atoms with Crippen molar-refractivity contribution in [2.75, 3.05) is 34.3 Å². The van der Waals surface area contributed by atoms with Gasteiger partial charge in [-0.05, 0) is 70.1 Å². The Bertz CT molecular complexity index is 417. The summed E-state index contributed by atoms with van der Waals surface area (Å²) in [7, 11) is 6.02. The highest BCUT2D eigenvalue weighted by Gasteiger charge is 2.30. The Hall–Kier alpha value is -1.06. The fourth-order valence-corrected chi connectivity index (χ4v) is 3.35. The van der Waals surface area contributed by atoms with Crippen LogP contribution in [0.2, 0.25) is 0 Å². The summed E-state index contributed by atoms with van der Waals surface area (Å²) in [6.07, 6.45) is 2.61. The van der Waals surface area contributed by atoms with Crippen molar-refractivity contribution in [1.82, 2.24) is 10.2 Å². The molecule has 2 unspecified atom stereocenters. The van der Waals surface area contributed by atoms with Gasteiger partial charge in [0, 0.05) is 6.04 Å². The number of methoxy groups -OCH3 is 1. The lowest BCUT2D eigenvalue weighted by molar-refractivity contribution is 0.121. The molecule has 0 spiro atoms. The van der Waals surface area contributed by atoms with Gasteiger partial charge in [0.2, 0.25) is 0 Å². The minimum atomic E-state index is 0.519. The van der Waals surface area contributed by atoms with Gasteiger partial charge in [-0.25, -0.2) is 0 Å². The Balaban J connectivity index is 2.27. The third-order valence-corrected chi connectivity index (χ3v) is 4.23. The third kappa shape index (κ3) is 3.10. The Kier molecular flexibility index (Phi) is 4.83. The van der Waals surface area contributed by atoms with Gasteiger partial charge in [-0.2, -0.15) is 0 Å². The van der Waals surface area contributed by atoms with E-state index >= 15 is 0 Å². The van der Waals surface area contributed by atoms with Crippen LogP contribution < -0.4 is 10.1 Å². The first-order valence-corrected chi connectivity index (χ1v) is 7.16. The van der Waals surface area contributed by atoms with Crippen LogP contribution in [0, 0.1) is 12.8 Å². The lowest BCUT2D eigenvalue weighted by Crippen LogP contribution is -2.39. The van der Waals surface area contributed by atoms with Gasteiger partial charge in [0.05, 0.1) is 7.11 Å². The summed E-state index contributed by atoms with van der Waals surface area (Å²) in [5.74, 6) is 1.67. The van der Waals surface area contributed by atoms with Crippen LogP contribution in [0.1, 0.15) is 30.0 Å². The van der Waals surface area contributed by atoms with Gasteiger partial charge in [0.25, 0.3) is 0 Å². The molecule has 3 nitrogen and oxygen atoms in total. The van der Waals surface area contributed by atoms with Crippen LogP contribution in [0.15, 0.2) is 18.2 Å². The number of likely N-dealkylation sites (tertiary alicyclic amines) is 1. The summed E-state index contributed by atoms with van der Waals surface area (Å²) in [5, 5.41) is 3.34. The maximum atomic E-state index is 5.36. The molecule has 2 atom stereocenters. The highest BCUT2D eigenvalue weighted by atomic mass is 16.5. The Morgan fingerprint density at radius 3 is 2.84 bits per heavy atom. The third-order valence-electron chi connectivity index (χ3n) is 4.23. The second-order valence-electron chi connectivity index (χ2n) is 5.61. The number of piperidine rings is 1. The first-order chi connectivity index (χ1) is 9.17. The standard InChI is InChI=1S/C16H26N2O/c1-12-10-13(7-8-15(12)19-4)16-14(11-17-2)6-5-9-18(16)3/h7-8,10,14,16-17H,5-6,9,11H2,1-4H3. The second-order valence-corrected chi connectivity index (χ2v) is 5.61. The summed E-state index contributed by atoms with van der Waals surface area (Å²) in [6.45, 7) is 4.40. The number of rotatable bonds is 4. The van der Waals surface area contributed by atoms with E-state index < -0.39 is 0 Å². The fraction of sp³-hybridized carbons (Fsp3) is 0.625. The molecule has 19 heavy (non-hydrogen) atoms. The zero-order chi connectivity index (χ0) is 13.8. The summed E-state index contributed by atoms with van der Waals surface area (Å²) < 4.78 is 5.36. The molecule has 3 heteroatoms. The highest BCUT2D eigenvalue weighted by molar-refractivity contribution is 5.37. The maximum absolute atomic E-state index is 5.36. The zero-order valence-corrected chi connectivity index (χ0v) is 12.6. The predicted molar refractivity (Wildman–Crippen MR) is 79.8 cm³/mol. The minimum Gasteiger partial charge on any atom is -0.496 e. The van der Waals surface area contributed by atoms with E-state index in [9.17, 15) is 0 Å². The van der Waals surface area contributed by atoms with Crippen molar-refractivity contribution in [2.45, 2.75) is 25.8 Å². The van der Waals surface area contributed by atoms with E-state index in [1.54, 1.807) is 7.11 Å². The van der Waals surface area contributed by atoms with E-state index in [4.69, 9.17) is 4.74 Å². The van der Waals surface area contributed by atoms with Crippen LogP contribution in [-0.4, -0.2) is 39.2 Å². The van der Waals surface area contributed by atoms with E-state index in [0.29, 0.717) is 12.0 Å². The van der Waals surface area contributed by atoms with Crippen LogP contribution in [-0.2, 0) is 0 Å². The van der Waals surface area contributed by atoms with Gasteiger partial charge < -0.3 is 10.1 Å². The molecule has 106 valence electrons. The summed E-state index contributed by atoms with van der Waals surface area (Å²) in [6, 6.07) is 7.13. The van der Waals surface area contributed by atoms with Gasteiger partial charge in [0.15, 0.2) is 0 Å². The topological polar surface area (TPSA) is 24.5 Å². The lowest BCUT2D eigenvalue weighted by Gasteiger charge is -2.39. The molecule has 0 aromatic heterocycles. The molecule has 1 aromatic carbocycles. The van der Waals surface area contributed by atoms with E-state index in [1.165, 1.54) is 30.5 Å². The average molecular weight is 262 g/mol. The predicted octanol–water partition coefficient (Wildman–Crippen LogP) is 2.61. The van der Waals surface area contributed by atoms with E-state index in [-0.39, 0.29) is 0 Å². The van der Waals surface area contributed by atoms with E-state index in [0.717, 1.165) is 12.3 Å². The monoisotopic (exact) mass is 262 g/mol. The molecule has 1 aliphatic rings. The molecule has 1 aromatic rings. The number of ether oxygens (including phenoxy) is 1. The Morgan fingerprint density at radius 2 is 2.21 bits per heavy atom. The molecular formula is C16H26N2O. The molecule has 1 N–H and O–H groups in total. The van der Waals surface area contributed by atoms with Gasteiger partial charge in [-0.1, -0.05) is 12.1 Å². The Labute approximate surface area is 116 Å². The fourth-order valence-electron chi connectivity index (χ4n) is 3.35. The molecule has 0 radical (unpaired) electrons. The number of hydrogen-bond acceptors (Lipinski definition) is 3. The normalized spacial score (nSPS) is 24.4. The van der Waals surface area contributed by atoms with Crippen molar-refractivity contribution >= 4 is 0 Å². The zero-order valence-electron chi connectivity index (χ0n) is 12.6. The molecule has 1 saturated heterocycles. The van der Waals surface area contributed by atoms with Crippen LogP contribution in [0.4, 0.5) is 0 Å². The van der Waals surface area contributed by atoms with Crippen LogP contribution >= 0.6 is 0 Å². The van der Waals surface area contributed by atoms with E-state index in [1.807, 2.05) is 7.05 Å². The first kappa shape index (κ1) is 14.4. The largest absolute Gasteiger partial charge is 0.496 e. The van der Waals surface area contributed by atoms with Gasteiger partial charge in [0.1, 0.15) is 5.75 Å². The smallest absolute Gasteiger partial charge is 0.121 e. The van der Waals surface area contributed by atoms with Crippen molar-refractivity contribution in [3.8, 4) is 5.75 Å². The number of nitrogens with one attached hydrogen (secondary N) is 1. The summed E-state index contributed by atoms with van der Waals surface area (Å²) >= 11 is 0. The molecule has 2 rings (SSSR count). The lowest BCUT2D eigenvalue weighted by atomic mass is 9.84. The second kappa shape index (κ2) is 6.40. The molecule has 0 aliphatic carbocycles. The molecule has 1 aliphatic heterocycles. The van der Waals surface area contributed by atoms with Crippen LogP contribution in [0.3, 0.4) is 0 Å². The van der Waals surface area contributed by atoms with Gasteiger partial charge in [-0.15, -0.1) is 0 Å². The number of benzene rings is 1. The number of hydrogen-bond donors (Lipinski definition) is 1. The van der Waals surface area contributed by atoms with Crippen molar-refractivity contribution in [2.24, 2.45) is 5.92 Å². The summed E-state index contributed by atoms with van der Waals surface area (Å²) in [5.41, 5.74) is 2.64. The Morgan fingerprint density at radius 1 is 1.42 bits per heavy atom. The maximum Gasteiger partial charge on any atom is 0.121 e. The summed E-state index contributed by atoms with van der Waals surface area (Å²) in [4.78, 5) is 2.49. The van der Waals surface area contributed by atoms with Gasteiger partial charge >= 0.3 is 0 Å². The molecule has 1 fully saturated rings.